The number of carbonyl (C=O) groups is 2. The first-order valence-corrected chi connectivity index (χ1v) is 11.4. The zero-order valence-electron chi connectivity index (χ0n) is 18.8. The van der Waals surface area contributed by atoms with Crippen molar-refractivity contribution >= 4 is 23.2 Å². The summed E-state index contributed by atoms with van der Waals surface area (Å²) in [6, 6.07) is 11.6. The Morgan fingerprint density at radius 3 is 2.56 bits per heavy atom. The molecule has 2 amide bonds. The van der Waals surface area contributed by atoms with Gasteiger partial charge in [0.2, 0.25) is 5.91 Å². The summed E-state index contributed by atoms with van der Waals surface area (Å²) in [5.74, 6) is -0.466. The molecule has 170 valence electrons. The molecule has 2 saturated heterocycles. The Hall–Kier alpha value is -2.93. The summed E-state index contributed by atoms with van der Waals surface area (Å²) in [5, 5.41) is 3.02. The van der Waals surface area contributed by atoms with Crippen LogP contribution in [0.4, 0.5) is 15.8 Å². The molecule has 0 saturated carbocycles. The number of halogens is 1. The standard InChI is InChI=1S/C25H31FN4O2/c1-3-28-12-14-29(15-13-28)23-10-9-20(26)17-22(23)18(2)27-25(32)19-6-4-7-21(16-19)30-11-5-8-24(30)31/h4,6-7,9-10,16-18H,3,5,8,11-15H2,1-2H3,(H,27,32). The van der Waals surface area contributed by atoms with Gasteiger partial charge in [0.1, 0.15) is 5.82 Å². The Bertz CT molecular complexity index is 988. The zero-order chi connectivity index (χ0) is 22.7. The highest BCUT2D eigenvalue weighted by atomic mass is 19.1. The summed E-state index contributed by atoms with van der Waals surface area (Å²) in [4.78, 5) is 31.4. The van der Waals surface area contributed by atoms with Gasteiger partial charge in [0, 0.05) is 61.6 Å². The Kier molecular flexibility index (Phi) is 6.74. The van der Waals surface area contributed by atoms with E-state index in [9.17, 15) is 14.0 Å². The number of piperazine rings is 1. The van der Waals surface area contributed by atoms with E-state index >= 15 is 0 Å². The van der Waals surface area contributed by atoms with E-state index in [2.05, 4.69) is 22.0 Å². The van der Waals surface area contributed by atoms with E-state index in [0.29, 0.717) is 18.5 Å². The minimum atomic E-state index is -0.366. The first kappa shape index (κ1) is 22.3. The number of rotatable bonds is 6. The molecule has 0 aromatic heterocycles. The highest BCUT2D eigenvalue weighted by Gasteiger charge is 2.24. The molecule has 1 unspecified atom stereocenters. The highest BCUT2D eigenvalue weighted by Crippen LogP contribution is 2.29. The average Bonchev–Trinajstić information content (AvgIpc) is 3.25. The fourth-order valence-corrected chi connectivity index (χ4v) is 4.56. The minimum absolute atomic E-state index is 0.0866. The smallest absolute Gasteiger partial charge is 0.251 e. The fraction of sp³-hybridized carbons (Fsp3) is 0.440. The summed E-state index contributed by atoms with van der Waals surface area (Å²) in [7, 11) is 0. The molecule has 0 radical (unpaired) electrons. The van der Waals surface area contributed by atoms with Gasteiger partial charge >= 0.3 is 0 Å². The van der Waals surface area contributed by atoms with Gasteiger partial charge in [0.15, 0.2) is 0 Å². The number of carbonyl (C=O) groups excluding carboxylic acids is 2. The van der Waals surface area contributed by atoms with E-state index in [-0.39, 0.29) is 23.7 Å². The zero-order valence-corrected chi connectivity index (χ0v) is 18.8. The van der Waals surface area contributed by atoms with Gasteiger partial charge in [-0.2, -0.15) is 0 Å². The molecule has 32 heavy (non-hydrogen) atoms. The third kappa shape index (κ3) is 4.78. The molecule has 2 aliphatic heterocycles. The van der Waals surface area contributed by atoms with Crippen molar-refractivity contribution in [2.45, 2.75) is 32.7 Å². The highest BCUT2D eigenvalue weighted by molar-refractivity contribution is 5.99. The lowest BCUT2D eigenvalue weighted by molar-refractivity contribution is -0.117. The Balaban J connectivity index is 1.50. The number of amides is 2. The summed E-state index contributed by atoms with van der Waals surface area (Å²) in [6.07, 6.45) is 1.38. The van der Waals surface area contributed by atoms with E-state index < -0.39 is 0 Å². The number of hydrogen-bond acceptors (Lipinski definition) is 4. The molecule has 2 fully saturated rings. The SMILES string of the molecule is CCN1CCN(c2ccc(F)cc2C(C)NC(=O)c2cccc(N3CCCC3=O)c2)CC1. The quantitative estimate of drug-likeness (QED) is 0.749. The van der Waals surface area contributed by atoms with Crippen molar-refractivity contribution in [2.24, 2.45) is 0 Å². The lowest BCUT2D eigenvalue weighted by Crippen LogP contribution is -2.46. The maximum Gasteiger partial charge on any atom is 0.251 e. The summed E-state index contributed by atoms with van der Waals surface area (Å²) >= 11 is 0. The van der Waals surface area contributed by atoms with Gasteiger partial charge in [0.25, 0.3) is 5.91 Å². The van der Waals surface area contributed by atoms with Gasteiger partial charge in [0.05, 0.1) is 6.04 Å². The van der Waals surface area contributed by atoms with Crippen molar-refractivity contribution in [3.63, 3.8) is 0 Å². The lowest BCUT2D eigenvalue weighted by Gasteiger charge is -2.37. The normalized spacial score (nSPS) is 18.2. The predicted molar refractivity (Wildman–Crippen MR) is 125 cm³/mol. The summed E-state index contributed by atoms with van der Waals surface area (Å²) in [5.41, 5.74) is 2.97. The Morgan fingerprint density at radius 2 is 1.88 bits per heavy atom. The number of nitrogens with one attached hydrogen (secondary N) is 1. The molecule has 2 aliphatic rings. The van der Waals surface area contributed by atoms with Crippen LogP contribution < -0.4 is 15.1 Å². The summed E-state index contributed by atoms with van der Waals surface area (Å²) in [6.45, 7) is 9.43. The molecule has 0 spiro atoms. The fourth-order valence-electron chi connectivity index (χ4n) is 4.56. The second-order valence-corrected chi connectivity index (χ2v) is 8.52. The van der Waals surface area contributed by atoms with Crippen LogP contribution in [0.15, 0.2) is 42.5 Å². The number of benzene rings is 2. The van der Waals surface area contributed by atoms with Crippen molar-refractivity contribution in [1.82, 2.24) is 10.2 Å². The van der Waals surface area contributed by atoms with Gasteiger partial charge in [-0.15, -0.1) is 0 Å². The number of nitrogens with zero attached hydrogens (tertiary/aromatic N) is 3. The van der Waals surface area contributed by atoms with E-state index in [1.165, 1.54) is 12.1 Å². The molecule has 7 heteroatoms. The molecule has 0 aliphatic carbocycles. The maximum atomic E-state index is 14.1. The molecule has 1 N–H and O–H groups in total. The van der Waals surface area contributed by atoms with Crippen LogP contribution in [-0.4, -0.2) is 56.0 Å². The van der Waals surface area contributed by atoms with Crippen LogP contribution in [0.25, 0.3) is 0 Å². The number of likely N-dealkylation sites (N-methyl/N-ethyl adjacent to an activating group) is 1. The van der Waals surface area contributed by atoms with Crippen LogP contribution in [0.2, 0.25) is 0 Å². The topological polar surface area (TPSA) is 55.9 Å². The van der Waals surface area contributed by atoms with E-state index in [1.54, 1.807) is 23.1 Å². The molecular weight excluding hydrogens is 407 g/mol. The molecular formula is C25H31FN4O2. The average molecular weight is 439 g/mol. The monoisotopic (exact) mass is 438 g/mol. The molecule has 2 aromatic carbocycles. The van der Waals surface area contributed by atoms with Crippen molar-refractivity contribution in [3.05, 3.63) is 59.4 Å². The van der Waals surface area contributed by atoms with E-state index in [0.717, 1.165) is 56.1 Å². The number of anilines is 2. The Labute approximate surface area is 189 Å². The minimum Gasteiger partial charge on any atom is -0.369 e. The number of hydrogen-bond donors (Lipinski definition) is 1. The van der Waals surface area contributed by atoms with Gasteiger partial charge < -0.3 is 20.0 Å². The molecule has 2 aromatic rings. The predicted octanol–water partition coefficient (Wildman–Crippen LogP) is 3.59. The molecule has 1 atom stereocenters. The first-order chi connectivity index (χ1) is 15.5. The van der Waals surface area contributed by atoms with Crippen molar-refractivity contribution in [3.8, 4) is 0 Å². The Morgan fingerprint density at radius 1 is 1.09 bits per heavy atom. The second-order valence-electron chi connectivity index (χ2n) is 8.52. The van der Waals surface area contributed by atoms with Crippen LogP contribution in [0.1, 0.15) is 48.7 Å². The lowest BCUT2D eigenvalue weighted by atomic mass is 10.0. The van der Waals surface area contributed by atoms with Crippen molar-refractivity contribution in [1.29, 1.82) is 0 Å². The first-order valence-electron chi connectivity index (χ1n) is 11.4. The van der Waals surface area contributed by atoms with Crippen molar-refractivity contribution < 1.29 is 14.0 Å². The second kappa shape index (κ2) is 9.69. The van der Waals surface area contributed by atoms with E-state index in [1.807, 2.05) is 19.1 Å². The van der Waals surface area contributed by atoms with Crippen LogP contribution in [0, 0.1) is 5.82 Å². The summed E-state index contributed by atoms with van der Waals surface area (Å²) < 4.78 is 14.1. The molecule has 4 rings (SSSR count). The van der Waals surface area contributed by atoms with Crippen LogP contribution in [0.3, 0.4) is 0 Å². The third-order valence-electron chi connectivity index (χ3n) is 6.46. The third-order valence-corrected chi connectivity index (χ3v) is 6.46. The van der Waals surface area contributed by atoms with Crippen LogP contribution >= 0.6 is 0 Å². The van der Waals surface area contributed by atoms with Gasteiger partial charge in [-0.25, -0.2) is 4.39 Å². The van der Waals surface area contributed by atoms with Gasteiger partial charge in [-0.1, -0.05) is 13.0 Å². The van der Waals surface area contributed by atoms with Crippen LogP contribution in [0.5, 0.6) is 0 Å². The van der Waals surface area contributed by atoms with Crippen LogP contribution in [-0.2, 0) is 4.79 Å². The van der Waals surface area contributed by atoms with E-state index in [4.69, 9.17) is 0 Å². The van der Waals surface area contributed by atoms with Gasteiger partial charge in [-0.3, -0.25) is 9.59 Å². The van der Waals surface area contributed by atoms with Gasteiger partial charge in [-0.05, 0) is 56.3 Å². The van der Waals surface area contributed by atoms with Crippen molar-refractivity contribution in [2.75, 3.05) is 49.1 Å². The molecule has 0 bridgehead atoms. The molecule has 2 heterocycles. The largest absolute Gasteiger partial charge is 0.369 e. The molecule has 6 nitrogen and oxygen atoms in total. The maximum absolute atomic E-state index is 14.1.